The van der Waals surface area contributed by atoms with Crippen LogP contribution in [0.2, 0.25) is 0 Å². The van der Waals surface area contributed by atoms with Gasteiger partial charge in [-0.2, -0.15) is 0 Å². The Hall–Kier alpha value is -1.69. The van der Waals surface area contributed by atoms with E-state index in [0.29, 0.717) is 19.1 Å². The van der Waals surface area contributed by atoms with Crippen LogP contribution in [0.4, 0.5) is 15.8 Å². The van der Waals surface area contributed by atoms with E-state index in [2.05, 4.69) is 18.7 Å². The van der Waals surface area contributed by atoms with E-state index in [-0.39, 0.29) is 11.4 Å². The van der Waals surface area contributed by atoms with Gasteiger partial charge in [0.2, 0.25) is 0 Å². The zero-order chi connectivity index (χ0) is 14.0. The van der Waals surface area contributed by atoms with Gasteiger partial charge in [-0.1, -0.05) is 6.07 Å². The number of piperazine rings is 1. The molecule has 104 valence electrons. The summed E-state index contributed by atoms with van der Waals surface area (Å²) in [5.74, 6) is -0.521. The van der Waals surface area contributed by atoms with Crippen LogP contribution in [0.25, 0.3) is 0 Å². The zero-order valence-corrected chi connectivity index (χ0v) is 11.2. The summed E-state index contributed by atoms with van der Waals surface area (Å²) in [4.78, 5) is 14.5. The molecule has 0 bridgehead atoms. The molecule has 1 aliphatic heterocycles. The maximum Gasteiger partial charge on any atom is 0.295 e. The highest BCUT2D eigenvalue weighted by atomic mass is 19.1. The molecule has 19 heavy (non-hydrogen) atoms. The number of halogens is 1. The molecule has 0 aromatic heterocycles. The minimum atomic E-state index is -0.521. The predicted octanol–water partition coefficient (Wildman–Crippen LogP) is 2.26. The predicted molar refractivity (Wildman–Crippen MR) is 72.0 cm³/mol. The first kappa shape index (κ1) is 13.7. The van der Waals surface area contributed by atoms with Crippen molar-refractivity contribution >= 4 is 11.4 Å². The molecule has 1 aromatic rings. The van der Waals surface area contributed by atoms with Crippen LogP contribution in [0.1, 0.15) is 13.8 Å². The lowest BCUT2D eigenvalue weighted by Gasteiger charge is -2.37. The molecule has 0 spiro atoms. The van der Waals surface area contributed by atoms with Gasteiger partial charge in [0.05, 0.1) is 4.92 Å². The lowest BCUT2D eigenvalue weighted by Crippen LogP contribution is -2.49. The first-order valence-electron chi connectivity index (χ1n) is 6.42. The monoisotopic (exact) mass is 267 g/mol. The summed E-state index contributed by atoms with van der Waals surface area (Å²) in [6.07, 6.45) is 0. The second-order valence-electron chi connectivity index (χ2n) is 4.98. The Morgan fingerprint density at radius 2 is 1.89 bits per heavy atom. The van der Waals surface area contributed by atoms with E-state index in [0.717, 1.165) is 13.1 Å². The number of nitro benzene ring substituents is 1. The molecule has 2 rings (SSSR count). The van der Waals surface area contributed by atoms with Crippen LogP contribution in [0.5, 0.6) is 0 Å². The molecule has 0 aliphatic carbocycles. The molecule has 1 aliphatic rings. The molecule has 6 heteroatoms. The van der Waals surface area contributed by atoms with Gasteiger partial charge < -0.3 is 4.90 Å². The largest absolute Gasteiger partial charge is 0.361 e. The van der Waals surface area contributed by atoms with Gasteiger partial charge in [-0.15, -0.1) is 0 Å². The number of para-hydroxylation sites is 1. The fourth-order valence-electron chi connectivity index (χ4n) is 2.43. The van der Waals surface area contributed by atoms with Crippen molar-refractivity contribution in [2.45, 2.75) is 19.9 Å². The van der Waals surface area contributed by atoms with Gasteiger partial charge in [0.25, 0.3) is 5.69 Å². The Balaban J connectivity index is 2.22. The van der Waals surface area contributed by atoms with Crippen molar-refractivity contribution < 1.29 is 9.31 Å². The number of rotatable bonds is 3. The summed E-state index contributed by atoms with van der Waals surface area (Å²) in [7, 11) is 0. The third-order valence-electron chi connectivity index (χ3n) is 3.52. The van der Waals surface area contributed by atoms with Gasteiger partial charge in [-0.05, 0) is 19.9 Å². The van der Waals surface area contributed by atoms with Gasteiger partial charge in [0.1, 0.15) is 0 Å². The molecular formula is C13H18FN3O2. The number of hydrogen-bond donors (Lipinski definition) is 0. The maximum atomic E-state index is 13.9. The quantitative estimate of drug-likeness (QED) is 0.622. The highest BCUT2D eigenvalue weighted by Gasteiger charge is 2.27. The summed E-state index contributed by atoms with van der Waals surface area (Å²) < 4.78 is 13.9. The topological polar surface area (TPSA) is 49.6 Å². The summed E-state index contributed by atoms with van der Waals surface area (Å²) in [6.45, 7) is 7.04. The number of nitrogens with zero attached hydrogens (tertiary/aromatic N) is 3. The van der Waals surface area contributed by atoms with Crippen LogP contribution >= 0.6 is 0 Å². The molecule has 5 nitrogen and oxygen atoms in total. The summed E-state index contributed by atoms with van der Waals surface area (Å²) in [5.41, 5.74) is -0.0334. The van der Waals surface area contributed by atoms with Gasteiger partial charge in [-0.25, -0.2) is 4.39 Å². The van der Waals surface area contributed by atoms with Crippen molar-refractivity contribution in [1.82, 2.24) is 4.90 Å². The van der Waals surface area contributed by atoms with Gasteiger partial charge in [0, 0.05) is 38.3 Å². The third-order valence-corrected chi connectivity index (χ3v) is 3.52. The van der Waals surface area contributed by atoms with E-state index < -0.39 is 10.7 Å². The second-order valence-corrected chi connectivity index (χ2v) is 4.98. The lowest BCUT2D eigenvalue weighted by molar-refractivity contribution is -0.384. The maximum absolute atomic E-state index is 13.9. The minimum Gasteiger partial charge on any atom is -0.361 e. The van der Waals surface area contributed by atoms with Crippen LogP contribution in [-0.4, -0.2) is 42.0 Å². The van der Waals surface area contributed by atoms with E-state index >= 15 is 0 Å². The summed E-state index contributed by atoms with van der Waals surface area (Å²) in [6, 6.07) is 4.45. The Bertz CT molecular complexity index is 471. The highest BCUT2D eigenvalue weighted by molar-refractivity contribution is 5.64. The van der Waals surface area contributed by atoms with Crippen LogP contribution in [0, 0.1) is 15.9 Å². The number of hydrogen-bond acceptors (Lipinski definition) is 4. The average Bonchev–Trinajstić information content (AvgIpc) is 2.38. The molecule has 0 saturated carbocycles. The van der Waals surface area contributed by atoms with Crippen LogP contribution in [-0.2, 0) is 0 Å². The van der Waals surface area contributed by atoms with Crippen LogP contribution in [0.15, 0.2) is 18.2 Å². The molecule has 0 unspecified atom stereocenters. The van der Waals surface area contributed by atoms with Gasteiger partial charge >= 0.3 is 0 Å². The van der Waals surface area contributed by atoms with E-state index in [1.165, 1.54) is 18.2 Å². The van der Waals surface area contributed by atoms with Crippen molar-refractivity contribution in [2.75, 3.05) is 31.1 Å². The summed E-state index contributed by atoms with van der Waals surface area (Å²) in [5, 5.41) is 11.0. The first-order chi connectivity index (χ1) is 9.00. The lowest BCUT2D eigenvalue weighted by atomic mass is 10.2. The molecule has 1 heterocycles. The van der Waals surface area contributed by atoms with E-state index in [1.54, 1.807) is 4.90 Å². The summed E-state index contributed by atoms with van der Waals surface area (Å²) >= 11 is 0. The van der Waals surface area contributed by atoms with Crippen molar-refractivity contribution in [3.8, 4) is 0 Å². The molecule has 1 aromatic carbocycles. The van der Waals surface area contributed by atoms with Crippen LogP contribution in [0.3, 0.4) is 0 Å². The van der Waals surface area contributed by atoms with Crippen molar-refractivity contribution in [2.24, 2.45) is 0 Å². The Morgan fingerprint density at radius 3 is 2.42 bits per heavy atom. The van der Waals surface area contributed by atoms with E-state index in [9.17, 15) is 14.5 Å². The molecular weight excluding hydrogens is 249 g/mol. The second kappa shape index (κ2) is 5.52. The smallest absolute Gasteiger partial charge is 0.295 e. The standard InChI is InChI=1S/C13H18FN3O2/c1-10(2)15-6-8-16(9-7-15)13-11(14)4-3-5-12(13)17(18)19/h3-5,10H,6-9H2,1-2H3. The van der Waals surface area contributed by atoms with Gasteiger partial charge in [0.15, 0.2) is 11.5 Å². The normalized spacial score (nSPS) is 16.9. The van der Waals surface area contributed by atoms with Crippen molar-refractivity contribution in [3.63, 3.8) is 0 Å². The van der Waals surface area contributed by atoms with Crippen LogP contribution < -0.4 is 4.90 Å². The zero-order valence-electron chi connectivity index (χ0n) is 11.2. The molecule has 0 radical (unpaired) electrons. The van der Waals surface area contributed by atoms with Crippen molar-refractivity contribution in [1.29, 1.82) is 0 Å². The fourth-order valence-corrected chi connectivity index (χ4v) is 2.43. The van der Waals surface area contributed by atoms with Crippen molar-refractivity contribution in [3.05, 3.63) is 34.1 Å². The van der Waals surface area contributed by atoms with Gasteiger partial charge in [-0.3, -0.25) is 15.0 Å². The fraction of sp³-hybridized carbons (Fsp3) is 0.538. The average molecular weight is 267 g/mol. The molecule has 0 atom stereocenters. The molecule has 0 amide bonds. The number of anilines is 1. The first-order valence-corrected chi connectivity index (χ1v) is 6.42. The molecule has 1 saturated heterocycles. The Kier molecular flexibility index (Phi) is 3.99. The highest BCUT2D eigenvalue weighted by Crippen LogP contribution is 2.31. The molecule has 0 N–H and O–H groups in total. The SMILES string of the molecule is CC(C)N1CCN(c2c(F)cccc2[N+](=O)[O-])CC1. The Morgan fingerprint density at radius 1 is 1.26 bits per heavy atom. The van der Waals surface area contributed by atoms with E-state index in [4.69, 9.17) is 0 Å². The third kappa shape index (κ3) is 2.84. The molecule has 1 fully saturated rings. The minimum absolute atomic E-state index is 0.121. The number of benzene rings is 1. The number of nitro groups is 1. The van der Waals surface area contributed by atoms with E-state index in [1.807, 2.05) is 0 Å². The Labute approximate surface area is 111 Å².